The van der Waals surface area contributed by atoms with E-state index in [0.717, 1.165) is 11.1 Å². The number of amides is 1. The number of ether oxygens (including phenoxy) is 4. The number of hydrogen-bond donors (Lipinski definition) is 1. The molecule has 1 unspecified atom stereocenters. The van der Waals surface area contributed by atoms with Gasteiger partial charge in [0.1, 0.15) is 18.2 Å². The first kappa shape index (κ1) is 29.5. The van der Waals surface area contributed by atoms with Crippen molar-refractivity contribution >= 4 is 12.1 Å². The van der Waals surface area contributed by atoms with Gasteiger partial charge in [0.05, 0.1) is 19.8 Å². The Kier molecular flexibility index (Phi) is 11.7. The number of hydrogen-bond acceptors (Lipinski definition) is 6. The highest BCUT2D eigenvalue weighted by atomic mass is 19.1. The molecule has 0 radical (unpaired) electrons. The lowest BCUT2D eigenvalue weighted by Gasteiger charge is -2.22. The first-order valence-corrected chi connectivity index (χ1v) is 12.4. The van der Waals surface area contributed by atoms with Crippen molar-refractivity contribution in [2.24, 2.45) is 0 Å². The smallest absolute Gasteiger partial charge is 0.415 e. The Morgan fingerprint density at radius 2 is 1.56 bits per heavy atom. The second-order valence-corrected chi connectivity index (χ2v) is 8.44. The molecule has 39 heavy (non-hydrogen) atoms. The van der Waals surface area contributed by atoms with Gasteiger partial charge in [-0.25, -0.2) is 18.4 Å². The van der Waals surface area contributed by atoms with Gasteiger partial charge >= 0.3 is 12.1 Å². The van der Waals surface area contributed by atoms with Crippen LogP contribution in [-0.2, 0) is 27.3 Å². The van der Waals surface area contributed by atoms with Crippen LogP contribution < -0.4 is 9.47 Å². The molecule has 208 valence electrons. The molecule has 0 bridgehead atoms. The Morgan fingerprint density at radius 3 is 2.23 bits per heavy atom. The molecule has 0 heterocycles. The van der Waals surface area contributed by atoms with Crippen LogP contribution in [0.5, 0.6) is 11.5 Å². The molecule has 0 saturated carbocycles. The molecule has 8 nitrogen and oxygen atoms in total. The van der Waals surface area contributed by atoms with E-state index < -0.39 is 24.0 Å². The summed E-state index contributed by atoms with van der Waals surface area (Å²) in [6, 6.07) is 18.4. The Balaban J connectivity index is 1.54. The van der Waals surface area contributed by atoms with Gasteiger partial charge in [-0.15, -0.1) is 0 Å². The molecular weight excluding hydrogens is 512 g/mol. The molecule has 1 atom stereocenters. The highest BCUT2D eigenvalue weighted by molar-refractivity contribution is 5.72. The lowest BCUT2D eigenvalue weighted by atomic mass is 10.1. The summed E-state index contributed by atoms with van der Waals surface area (Å²) in [6.07, 6.45) is -1.47. The van der Waals surface area contributed by atoms with Crippen LogP contribution in [0, 0.1) is 11.6 Å². The van der Waals surface area contributed by atoms with Crippen molar-refractivity contribution in [1.29, 1.82) is 0 Å². The van der Waals surface area contributed by atoms with Crippen LogP contribution in [0.2, 0.25) is 0 Å². The third kappa shape index (κ3) is 9.99. The second kappa shape index (κ2) is 15.4. The summed E-state index contributed by atoms with van der Waals surface area (Å²) in [7, 11) is 0. The third-order valence-corrected chi connectivity index (χ3v) is 5.60. The van der Waals surface area contributed by atoms with Gasteiger partial charge < -0.3 is 29.0 Å². The zero-order chi connectivity index (χ0) is 28.0. The van der Waals surface area contributed by atoms with Gasteiger partial charge in [0, 0.05) is 19.6 Å². The van der Waals surface area contributed by atoms with Gasteiger partial charge in [0.25, 0.3) is 0 Å². The topological polar surface area (TPSA) is 94.5 Å². The predicted octanol–water partition coefficient (Wildman–Crippen LogP) is 5.09. The summed E-state index contributed by atoms with van der Waals surface area (Å²) in [5.41, 5.74) is 1.55. The summed E-state index contributed by atoms with van der Waals surface area (Å²) >= 11 is 0. The Labute approximate surface area is 225 Å². The van der Waals surface area contributed by atoms with Crippen LogP contribution in [0.4, 0.5) is 13.6 Å². The minimum absolute atomic E-state index is 0.111. The summed E-state index contributed by atoms with van der Waals surface area (Å²) in [5, 5.41) is 9.25. The molecule has 0 fully saturated rings. The first-order valence-electron chi connectivity index (χ1n) is 12.4. The number of carboxylic acid groups (broad SMARTS) is 1. The average molecular weight is 544 g/mol. The molecule has 0 aromatic heterocycles. The van der Waals surface area contributed by atoms with Gasteiger partial charge in [0.15, 0.2) is 17.7 Å². The van der Waals surface area contributed by atoms with Gasteiger partial charge in [-0.3, -0.25) is 0 Å². The van der Waals surface area contributed by atoms with E-state index in [1.807, 2.05) is 0 Å². The maximum atomic E-state index is 14.0. The van der Waals surface area contributed by atoms with Crippen LogP contribution in [0.15, 0.2) is 72.8 Å². The lowest BCUT2D eigenvalue weighted by Crippen LogP contribution is -2.39. The van der Waals surface area contributed by atoms with Crippen molar-refractivity contribution in [3.8, 4) is 11.5 Å². The minimum atomic E-state index is -1.03. The fourth-order valence-corrected chi connectivity index (χ4v) is 3.55. The number of aliphatic carboxylic acids is 1. The van der Waals surface area contributed by atoms with E-state index in [9.17, 15) is 23.5 Å². The van der Waals surface area contributed by atoms with Crippen molar-refractivity contribution in [3.63, 3.8) is 0 Å². The van der Waals surface area contributed by atoms with E-state index in [1.165, 1.54) is 35.2 Å². The van der Waals surface area contributed by atoms with Gasteiger partial charge in [0.2, 0.25) is 0 Å². The number of rotatable bonds is 15. The van der Waals surface area contributed by atoms with E-state index in [1.54, 1.807) is 49.4 Å². The quantitative estimate of drug-likeness (QED) is 0.267. The van der Waals surface area contributed by atoms with E-state index >= 15 is 0 Å². The zero-order valence-corrected chi connectivity index (χ0v) is 21.6. The fraction of sp³-hybridized carbons (Fsp3) is 0.310. The molecule has 0 saturated heterocycles. The van der Waals surface area contributed by atoms with Gasteiger partial charge in [-0.2, -0.15) is 0 Å². The standard InChI is InChI=1S/C29H31F2NO7/c1-2-37-27(28(33)34)19-21-9-13-24(14-10-21)38-18-16-32(29(35)39-26-6-4-3-5-25(26)31)15-17-36-20-22-7-11-23(30)12-8-22/h3-14,27H,2,15-20H2,1H3,(H,33,34). The van der Waals surface area contributed by atoms with Crippen LogP contribution >= 0.6 is 0 Å². The van der Waals surface area contributed by atoms with Crippen LogP contribution in [-0.4, -0.2) is 61.1 Å². The molecule has 10 heteroatoms. The molecule has 3 rings (SSSR count). The fourth-order valence-electron chi connectivity index (χ4n) is 3.55. The molecule has 3 aromatic carbocycles. The summed E-state index contributed by atoms with van der Waals surface area (Å²) < 4.78 is 48.9. The highest BCUT2D eigenvalue weighted by Gasteiger charge is 2.19. The molecule has 0 spiro atoms. The van der Waals surface area contributed by atoms with Crippen molar-refractivity contribution < 1.29 is 42.4 Å². The number of benzene rings is 3. The Bertz CT molecular complexity index is 1190. The number of para-hydroxylation sites is 1. The number of nitrogens with zero attached hydrogens (tertiary/aromatic N) is 1. The second-order valence-electron chi connectivity index (χ2n) is 8.44. The number of halogens is 2. The van der Waals surface area contributed by atoms with Crippen LogP contribution in [0.1, 0.15) is 18.1 Å². The normalized spacial score (nSPS) is 11.6. The molecule has 0 aliphatic heterocycles. The molecule has 1 N–H and O–H groups in total. The summed E-state index contributed by atoms with van der Waals surface area (Å²) in [6.45, 7) is 2.80. The van der Waals surface area contributed by atoms with E-state index in [-0.39, 0.29) is 50.9 Å². The maximum Gasteiger partial charge on any atom is 0.415 e. The van der Waals surface area contributed by atoms with Gasteiger partial charge in [-0.1, -0.05) is 36.4 Å². The van der Waals surface area contributed by atoms with E-state index in [0.29, 0.717) is 12.4 Å². The third-order valence-electron chi connectivity index (χ3n) is 5.60. The molecule has 0 aliphatic rings. The average Bonchev–Trinajstić information content (AvgIpc) is 2.92. The van der Waals surface area contributed by atoms with Crippen LogP contribution in [0.25, 0.3) is 0 Å². The molecule has 1 amide bonds. The SMILES string of the molecule is CCOC(Cc1ccc(OCCN(CCOCc2ccc(F)cc2)C(=O)Oc2ccccc2F)cc1)C(=O)O. The number of carbonyl (C=O) groups excluding carboxylic acids is 1. The molecular formula is C29H31F2NO7. The number of carboxylic acids is 1. The van der Waals surface area contributed by atoms with E-state index in [2.05, 4.69) is 0 Å². The highest BCUT2D eigenvalue weighted by Crippen LogP contribution is 2.17. The maximum absolute atomic E-state index is 14.0. The first-order chi connectivity index (χ1) is 18.9. The van der Waals surface area contributed by atoms with Crippen molar-refractivity contribution in [2.45, 2.75) is 26.1 Å². The number of carbonyl (C=O) groups is 2. The van der Waals surface area contributed by atoms with Crippen molar-refractivity contribution in [3.05, 3.63) is 95.6 Å². The van der Waals surface area contributed by atoms with Crippen molar-refractivity contribution in [2.75, 3.05) is 32.9 Å². The monoisotopic (exact) mass is 543 g/mol. The summed E-state index contributed by atoms with van der Waals surface area (Å²) in [5.74, 6) is -1.70. The lowest BCUT2D eigenvalue weighted by molar-refractivity contribution is -0.149. The molecule has 3 aromatic rings. The Hall–Kier alpha value is -4.02. The zero-order valence-electron chi connectivity index (χ0n) is 21.6. The Morgan fingerprint density at radius 1 is 0.897 bits per heavy atom. The van der Waals surface area contributed by atoms with Gasteiger partial charge in [-0.05, 0) is 54.4 Å². The minimum Gasteiger partial charge on any atom is -0.492 e. The van der Waals surface area contributed by atoms with Crippen LogP contribution in [0.3, 0.4) is 0 Å². The summed E-state index contributed by atoms with van der Waals surface area (Å²) in [4.78, 5) is 25.4. The van der Waals surface area contributed by atoms with E-state index in [4.69, 9.17) is 18.9 Å². The largest absolute Gasteiger partial charge is 0.492 e. The van der Waals surface area contributed by atoms with Crippen molar-refractivity contribution in [1.82, 2.24) is 4.90 Å². The predicted molar refractivity (Wildman–Crippen MR) is 139 cm³/mol. The molecule has 0 aliphatic carbocycles.